The SMILES string of the molecule is COc1ccc(CN(Cc2ccc(OC)cc2)c2cc(-c3nc4c5c(nc(N6CCC6(CO)C(F)F)nc5c3F)N3C[C@H]5CC[C@@H]([C@H]3[C@H](C)O4)N5C(=O)OC(C)(C)C)c(C(F)(F)F)c(C)c2F)cc1. The van der Waals surface area contributed by atoms with E-state index in [0.717, 1.165) is 17.9 Å². The molecule has 3 fully saturated rings. The fourth-order valence-electron chi connectivity index (χ4n) is 10.3. The quantitative estimate of drug-likeness (QED) is 0.127. The lowest BCUT2D eigenvalue weighted by Gasteiger charge is -2.51. The van der Waals surface area contributed by atoms with Gasteiger partial charge in [-0.3, -0.25) is 4.90 Å². The lowest BCUT2D eigenvalue weighted by Crippen LogP contribution is -2.67. The van der Waals surface area contributed by atoms with Crippen LogP contribution in [0.25, 0.3) is 22.2 Å². The Morgan fingerprint density at radius 3 is 2.09 bits per heavy atom. The molecule has 2 aromatic heterocycles. The smallest absolute Gasteiger partial charge is 0.417 e. The van der Waals surface area contributed by atoms with Crippen LogP contribution < -0.4 is 28.9 Å². The number of methoxy groups -OCH3 is 2. The van der Waals surface area contributed by atoms with E-state index in [-0.39, 0.29) is 55.4 Å². The predicted molar refractivity (Wildman–Crippen MR) is 242 cm³/mol. The minimum absolute atomic E-state index is 0.00298. The van der Waals surface area contributed by atoms with Gasteiger partial charge in [0.2, 0.25) is 11.8 Å². The van der Waals surface area contributed by atoms with Crippen LogP contribution in [0.5, 0.6) is 17.4 Å². The molecule has 1 unspecified atom stereocenters. The molecule has 5 aromatic rings. The van der Waals surface area contributed by atoms with Crippen LogP contribution in [-0.2, 0) is 24.0 Å². The fraction of sp³-hybridized carbons (Fsp3) is 0.469. The summed E-state index contributed by atoms with van der Waals surface area (Å²) in [5.74, 6) is -2.28. The summed E-state index contributed by atoms with van der Waals surface area (Å²) in [5.41, 5.74) is -6.67. The Morgan fingerprint density at radius 1 is 0.942 bits per heavy atom. The summed E-state index contributed by atoms with van der Waals surface area (Å²) < 4.78 is 134. The number of aliphatic hydroxyl groups is 1. The lowest BCUT2D eigenvalue weighted by molar-refractivity contribution is -0.137. The number of fused-ring (bicyclic) bond motifs is 5. The first kappa shape index (κ1) is 47.7. The monoisotopic (exact) mass is 967 g/mol. The molecule has 4 aliphatic rings. The van der Waals surface area contributed by atoms with E-state index in [4.69, 9.17) is 23.9 Å². The van der Waals surface area contributed by atoms with Gasteiger partial charge < -0.3 is 38.8 Å². The lowest BCUT2D eigenvalue weighted by atomic mass is 9.86. The van der Waals surface area contributed by atoms with Crippen LogP contribution in [0.1, 0.15) is 69.2 Å². The van der Waals surface area contributed by atoms with Gasteiger partial charge in [0, 0.05) is 31.7 Å². The highest BCUT2D eigenvalue weighted by atomic mass is 19.4. The molecule has 3 saturated heterocycles. The topological polar surface area (TPSA) is 126 Å². The number of nitrogens with zero attached hydrogens (tertiary/aromatic N) is 7. The number of ether oxygens (including phenoxy) is 4. The Balaban J connectivity index is 1.26. The number of piperazine rings is 1. The highest BCUT2D eigenvalue weighted by molar-refractivity contribution is 5.98. The molecule has 6 heterocycles. The number of aromatic nitrogens is 3. The number of alkyl halides is 5. The van der Waals surface area contributed by atoms with Crippen LogP contribution in [0.2, 0.25) is 0 Å². The molecule has 368 valence electrons. The third-order valence-electron chi connectivity index (χ3n) is 13.7. The number of hydrogen-bond acceptors (Lipinski definition) is 12. The summed E-state index contributed by atoms with van der Waals surface area (Å²) in [7, 11) is 2.99. The van der Waals surface area contributed by atoms with Crippen LogP contribution in [0.4, 0.5) is 53.0 Å². The normalized spacial score (nSPS) is 22.0. The number of benzene rings is 3. The van der Waals surface area contributed by atoms with Crippen molar-refractivity contribution in [2.75, 3.05) is 48.6 Å². The van der Waals surface area contributed by atoms with E-state index in [1.54, 1.807) is 86.0 Å². The summed E-state index contributed by atoms with van der Waals surface area (Å²) in [6.45, 7) is 6.86. The van der Waals surface area contributed by atoms with Gasteiger partial charge in [-0.25, -0.2) is 32.3 Å². The Bertz CT molecular complexity index is 2720. The average molecular weight is 968 g/mol. The zero-order chi connectivity index (χ0) is 49.5. The second kappa shape index (κ2) is 17.6. The van der Waals surface area contributed by atoms with Gasteiger partial charge in [0.25, 0.3) is 6.43 Å². The van der Waals surface area contributed by atoms with Crippen molar-refractivity contribution < 1.29 is 59.6 Å². The zero-order valence-electron chi connectivity index (χ0n) is 39.0. The van der Waals surface area contributed by atoms with Crippen molar-refractivity contribution in [2.45, 2.75) is 115 Å². The molecule has 0 aliphatic carbocycles. The van der Waals surface area contributed by atoms with Crippen molar-refractivity contribution in [3.63, 3.8) is 0 Å². The second-order valence-electron chi connectivity index (χ2n) is 19.1. The van der Waals surface area contributed by atoms with E-state index >= 15 is 22.0 Å². The van der Waals surface area contributed by atoms with E-state index < -0.39 is 106 Å². The van der Waals surface area contributed by atoms with Gasteiger partial charge in [-0.05, 0) is 101 Å². The van der Waals surface area contributed by atoms with Crippen molar-refractivity contribution in [1.29, 1.82) is 0 Å². The number of anilines is 3. The van der Waals surface area contributed by atoms with Gasteiger partial charge in [-0.2, -0.15) is 18.2 Å². The number of rotatable bonds is 11. The first-order chi connectivity index (χ1) is 32.7. The third-order valence-corrected chi connectivity index (χ3v) is 13.7. The molecule has 9 rings (SSSR count). The molecule has 0 saturated carbocycles. The average Bonchev–Trinajstić information content (AvgIpc) is 3.53. The van der Waals surface area contributed by atoms with E-state index in [9.17, 15) is 18.7 Å². The van der Waals surface area contributed by atoms with Crippen molar-refractivity contribution in [1.82, 2.24) is 19.9 Å². The van der Waals surface area contributed by atoms with Crippen LogP contribution in [-0.4, -0.2) is 107 Å². The summed E-state index contributed by atoms with van der Waals surface area (Å²) in [5, 5.41) is 10.2. The number of pyridine rings is 1. The van der Waals surface area contributed by atoms with Gasteiger partial charge in [-0.1, -0.05) is 24.3 Å². The van der Waals surface area contributed by atoms with E-state index in [2.05, 4.69) is 9.97 Å². The van der Waals surface area contributed by atoms with Gasteiger partial charge in [0.1, 0.15) is 57.0 Å². The number of hydrogen-bond donors (Lipinski definition) is 1. The molecule has 0 spiro atoms. The van der Waals surface area contributed by atoms with Crippen LogP contribution >= 0.6 is 0 Å². The predicted octanol–water partition coefficient (Wildman–Crippen LogP) is 9.47. The first-order valence-corrected chi connectivity index (χ1v) is 22.6. The standard InChI is InChI=1S/C49H52F7N7O6/c1-25-36(49(54,55)56)32(20-34(37(25)50)60(21-27-8-13-30(66-6)14-9-27)22-28-10-15-31(67-7)16-11-28)39-38(51)40-35-42(59-45(58-40)62-19-18-48(62,24-64)44(52)53)61-23-29-12-17-33(41(61)26(2)68-43(35)57-39)63(29)46(65)69-47(3,4)5/h8-11,13-16,20,26,29,33,41,44,64H,12,17-19,21-24H2,1-7H3/t26-,29+,33-,41+,48?/m0/s1. The Kier molecular flexibility index (Phi) is 12.2. The van der Waals surface area contributed by atoms with E-state index in [1.165, 1.54) is 19.1 Å². The number of aliphatic hydroxyl groups excluding tert-OH is 1. The molecule has 1 N–H and O–H groups in total. The minimum Gasteiger partial charge on any atom is -0.497 e. The maximum Gasteiger partial charge on any atom is 0.417 e. The molecule has 20 heteroatoms. The Labute approximate surface area is 393 Å². The number of carbonyl (C=O) groups excluding carboxylic acids is 1. The van der Waals surface area contributed by atoms with Gasteiger partial charge >= 0.3 is 12.3 Å². The minimum atomic E-state index is -5.26. The second-order valence-corrected chi connectivity index (χ2v) is 19.1. The molecule has 4 aliphatic heterocycles. The zero-order valence-corrected chi connectivity index (χ0v) is 39.0. The fourth-order valence-corrected chi connectivity index (χ4v) is 10.3. The summed E-state index contributed by atoms with van der Waals surface area (Å²) >= 11 is 0. The molecular formula is C49H52F7N7O6. The largest absolute Gasteiger partial charge is 0.497 e. The molecule has 5 atom stereocenters. The van der Waals surface area contributed by atoms with E-state index in [1.807, 2.05) is 0 Å². The highest BCUT2D eigenvalue weighted by Gasteiger charge is 2.56. The summed E-state index contributed by atoms with van der Waals surface area (Å²) in [4.78, 5) is 33.6. The summed E-state index contributed by atoms with van der Waals surface area (Å²) in [6, 6.07) is 12.8. The maximum absolute atomic E-state index is 18.0. The maximum atomic E-state index is 18.0. The van der Waals surface area contributed by atoms with Gasteiger partial charge in [0.05, 0.1) is 50.2 Å². The molecule has 69 heavy (non-hydrogen) atoms. The molecular weight excluding hydrogens is 916 g/mol. The van der Waals surface area contributed by atoms with Crippen LogP contribution in [0, 0.1) is 18.6 Å². The number of amides is 1. The molecule has 3 aromatic carbocycles. The van der Waals surface area contributed by atoms with Crippen molar-refractivity contribution in [2.24, 2.45) is 0 Å². The van der Waals surface area contributed by atoms with Crippen molar-refractivity contribution >= 4 is 34.4 Å². The van der Waals surface area contributed by atoms with Gasteiger partial charge in [-0.15, -0.1) is 0 Å². The number of halogens is 7. The number of carbonyl (C=O) groups is 1. The first-order valence-electron chi connectivity index (χ1n) is 22.6. The highest BCUT2D eigenvalue weighted by Crippen LogP contribution is 2.50. The molecule has 0 radical (unpaired) electrons. The van der Waals surface area contributed by atoms with Crippen molar-refractivity contribution in [3.05, 3.63) is 88.5 Å². The Hall–Kier alpha value is -6.31. The molecule has 2 bridgehead atoms. The van der Waals surface area contributed by atoms with Crippen LogP contribution in [0.15, 0.2) is 54.6 Å². The van der Waals surface area contributed by atoms with E-state index in [0.29, 0.717) is 35.5 Å². The Morgan fingerprint density at radius 2 is 1.57 bits per heavy atom. The summed E-state index contributed by atoms with van der Waals surface area (Å²) in [6.07, 6.45) is -8.94. The molecule has 13 nitrogen and oxygen atoms in total. The molecule has 1 amide bonds. The van der Waals surface area contributed by atoms with Crippen molar-refractivity contribution in [3.8, 4) is 28.6 Å². The van der Waals surface area contributed by atoms with Crippen LogP contribution in [0.3, 0.4) is 0 Å². The van der Waals surface area contributed by atoms with Gasteiger partial charge in [0.15, 0.2) is 5.82 Å². The third kappa shape index (κ3) is 8.30.